The van der Waals surface area contributed by atoms with Gasteiger partial charge in [-0.25, -0.2) is 12.8 Å². The number of hydrogen-bond acceptors (Lipinski definition) is 5. The summed E-state index contributed by atoms with van der Waals surface area (Å²) in [4.78, 5) is 15.1. The van der Waals surface area contributed by atoms with E-state index in [-0.39, 0.29) is 16.1 Å². The van der Waals surface area contributed by atoms with Gasteiger partial charge in [0.2, 0.25) is 5.91 Å². The van der Waals surface area contributed by atoms with Crippen molar-refractivity contribution in [3.05, 3.63) is 59.4 Å². The number of hydrogen-bond donors (Lipinski definition) is 2. The molecule has 1 heterocycles. The average Bonchev–Trinajstić information content (AvgIpc) is 3.62. The van der Waals surface area contributed by atoms with Crippen LogP contribution in [0, 0.1) is 17.7 Å². The van der Waals surface area contributed by atoms with E-state index in [2.05, 4.69) is 17.1 Å². The van der Waals surface area contributed by atoms with E-state index in [4.69, 9.17) is 0 Å². The molecule has 188 valence electrons. The highest BCUT2D eigenvalue weighted by Crippen LogP contribution is 2.52. The summed E-state index contributed by atoms with van der Waals surface area (Å²) < 4.78 is 38.3. The zero-order valence-electron chi connectivity index (χ0n) is 20.0. The Hall–Kier alpha value is -2.45. The molecule has 1 amide bonds. The summed E-state index contributed by atoms with van der Waals surface area (Å²) in [5.41, 5.74) is 2.25. The van der Waals surface area contributed by atoms with Gasteiger partial charge in [0.05, 0.1) is 4.90 Å². The third-order valence-corrected chi connectivity index (χ3v) is 10.0. The molecule has 8 heteroatoms. The molecule has 2 bridgehead atoms. The highest BCUT2D eigenvalue weighted by molar-refractivity contribution is 7.92. The quantitative estimate of drug-likeness (QED) is 0.543. The third kappa shape index (κ3) is 4.83. The van der Waals surface area contributed by atoms with Crippen LogP contribution in [0.3, 0.4) is 0 Å². The summed E-state index contributed by atoms with van der Waals surface area (Å²) in [5, 5.41) is 13.1. The molecule has 0 radical (unpaired) electrons. The lowest BCUT2D eigenvalue weighted by molar-refractivity contribution is -0.118. The number of carbonyl (C=O) groups is 1. The van der Waals surface area contributed by atoms with Crippen molar-refractivity contribution in [2.75, 3.05) is 25.4 Å². The van der Waals surface area contributed by atoms with E-state index in [0.29, 0.717) is 24.9 Å². The zero-order valence-corrected chi connectivity index (χ0v) is 20.9. The molecule has 5 rings (SSSR count). The summed E-state index contributed by atoms with van der Waals surface area (Å²) >= 11 is 0. The van der Waals surface area contributed by atoms with Crippen molar-refractivity contribution in [2.24, 2.45) is 11.8 Å². The monoisotopic (exact) mass is 500 g/mol. The van der Waals surface area contributed by atoms with Gasteiger partial charge in [-0.3, -0.25) is 9.69 Å². The Labute approximate surface area is 206 Å². The number of phenols is 1. The third-order valence-electron chi connectivity index (χ3n) is 8.40. The number of sulfone groups is 1. The van der Waals surface area contributed by atoms with Crippen LogP contribution >= 0.6 is 0 Å². The van der Waals surface area contributed by atoms with E-state index in [1.54, 1.807) is 6.07 Å². The average molecular weight is 501 g/mol. The van der Waals surface area contributed by atoms with E-state index in [9.17, 15) is 22.7 Å². The SMILES string of the molecule is C[C@H]1[C@H]2Cc3ccc(O)cc3[C@]1(CCNC(=O)CS(=O)(=O)c1ccc(F)cc1)CCN2CC1CC1. The molecular weight excluding hydrogens is 467 g/mol. The topological polar surface area (TPSA) is 86.7 Å². The summed E-state index contributed by atoms with van der Waals surface area (Å²) in [5.74, 6) is -0.336. The number of aromatic hydroxyl groups is 1. The molecular formula is C27H33FN2O4S. The second-order valence-corrected chi connectivity index (χ2v) is 12.5. The number of nitrogens with zero attached hydrogens (tertiary/aromatic N) is 1. The van der Waals surface area contributed by atoms with Gasteiger partial charge in [-0.1, -0.05) is 13.0 Å². The summed E-state index contributed by atoms with van der Waals surface area (Å²) in [6, 6.07) is 10.6. The fraction of sp³-hybridized carbons (Fsp3) is 0.519. The van der Waals surface area contributed by atoms with Crippen molar-refractivity contribution in [3.63, 3.8) is 0 Å². The van der Waals surface area contributed by atoms with Gasteiger partial charge in [0, 0.05) is 24.5 Å². The molecule has 2 aliphatic carbocycles. The van der Waals surface area contributed by atoms with E-state index < -0.39 is 27.3 Å². The van der Waals surface area contributed by atoms with Crippen LogP contribution in [0.4, 0.5) is 4.39 Å². The van der Waals surface area contributed by atoms with Gasteiger partial charge >= 0.3 is 0 Å². The Morgan fingerprint density at radius 1 is 1.20 bits per heavy atom. The molecule has 0 spiro atoms. The van der Waals surface area contributed by atoms with E-state index in [0.717, 1.165) is 44.0 Å². The molecule has 6 nitrogen and oxygen atoms in total. The minimum atomic E-state index is -3.85. The van der Waals surface area contributed by atoms with Gasteiger partial charge in [0.25, 0.3) is 0 Å². The first-order valence-electron chi connectivity index (χ1n) is 12.5. The number of benzene rings is 2. The minimum absolute atomic E-state index is 0.0659. The van der Waals surface area contributed by atoms with Crippen molar-refractivity contribution in [3.8, 4) is 5.75 Å². The largest absolute Gasteiger partial charge is 0.508 e. The molecule has 2 fully saturated rings. The van der Waals surface area contributed by atoms with Crippen LogP contribution in [-0.2, 0) is 26.5 Å². The second-order valence-electron chi connectivity index (χ2n) is 10.6. The predicted octanol–water partition coefficient (Wildman–Crippen LogP) is 3.43. The summed E-state index contributed by atoms with van der Waals surface area (Å²) in [7, 11) is -3.85. The van der Waals surface area contributed by atoms with Crippen LogP contribution in [0.5, 0.6) is 5.75 Å². The molecule has 3 aliphatic rings. The second kappa shape index (κ2) is 9.21. The lowest BCUT2D eigenvalue weighted by atomic mass is 9.56. The number of nitrogens with one attached hydrogen (secondary N) is 1. The summed E-state index contributed by atoms with van der Waals surface area (Å²) in [6.45, 7) is 4.79. The van der Waals surface area contributed by atoms with Crippen LogP contribution in [0.2, 0.25) is 0 Å². The molecule has 1 saturated carbocycles. The highest BCUT2D eigenvalue weighted by atomic mass is 32.2. The molecule has 2 aromatic carbocycles. The standard InChI is InChI=1S/C27H33FN2O4S/c1-18-25-14-20-4-7-22(31)15-24(20)27(18,11-13-30(25)16-19-2-3-19)10-12-29-26(32)17-35(33,34)23-8-5-21(28)6-9-23/h4-9,15,18-19,25,31H,2-3,10-14,16-17H2,1H3,(H,29,32)/t18-,25+,27+/m0/s1. The van der Waals surface area contributed by atoms with Gasteiger partial charge < -0.3 is 10.4 Å². The number of amides is 1. The zero-order chi connectivity index (χ0) is 24.8. The van der Waals surface area contributed by atoms with Gasteiger partial charge in [-0.2, -0.15) is 0 Å². The van der Waals surface area contributed by atoms with Crippen LogP contribution in [0.25, 0.3) is 0 Å². The molecule has 35 heavy (non-hydrogen) atoms. The van der Waals surface area contributed by atoms with Crippen LogP contribution in [0.15, 0.2) is 47.4 Å². The van der Waals surface area contributed by atoms with Crippen LogP contribution in [0.1, 0.15) is 43.7 Å². The molecule has 1 aliphatic heterocycles. The Morgan fingerprint density at radius 3 is 2.66 bits per heavy atom. The number of likely N-dealkylation sites (tertiary alicyclic amines) is 1. The van der Waals surface area contributed by atoms with E-state index >= 15 is 0 Å². The lowest BCUT2D eigenvalue weighted by Crippen LogP contribution is -2.60. The Kier molecular flexibility index (Phi) is 6.38. The molecule has 2 N–H and O–H groups in total. The van der Waals surface area contributed by atoms with Crippen molar-refractivity contribution in [1.82, 2.24) is 10.2 Å². The fourth-order valence-electron chi connectivity index (χ4n) is 6.26. The number of rotatable bonds is 8. The molecule has 0 unspecified atom stereocenters. The number of phenolic OH excluding ortho intramolecular Hbond substituents is 1. The number of fused-ring (bicyclic) bond motifs is 4. The number of piperidine rings is 1. The first kappa shape index (κ1) is 24.3. The van der Waals surface area contributed by atoms with Gasteiger partial charge in [0.15, 0.2) is 9.84 Å². The predicted molar refractivity (Wildman–Crippen MR) is 131 cm³/mol. The van der Waals surface area contributed by atoms with Crippen LogP contribution in [-0.4, -0.2) is 55.8 Å². The Balaban J connectivity index is 1.30. The molecule has 0 aromatic heterocycles. The first-order chi connectivity index (χ1) is 16.7. The van der Waals surface area contributed by atoms with E-state index in [1.165, 1.54) is 36.1 Å². The molecule has 1 saturated heterocycles. The van der Waals surface area contributed by atoms with Crippen molar-refractivity contribution in [1.29, 1.82) is 0 Å². The fourth-order valence-corrected chi connectivity index (χ4v) is 7.42. The van der Waals surface area contributed by atoms with Gasteiger partial charge in [-0.15, -0.1) is 0 Å². The Morgan fingerprint density at radius 2 is 1.94 bits per heavy atom. The maximum Gasteiger partial charge on any atom is 0.235 e. The number of carbonyl (C=O) groups excluding carboxylic acids is 1. The highest BCUT2D eigenvalue weighted by Gasteiger charge is 2.51. The summed E-state index contributed by atoms with van der Waals surface area (Å²) in [6.07, 6.45) is 5.23. The van der Waals surface area contributed by atoms with Crippen LogP contribution < -0.4 is 5.32 Å². The first-order valence-corrected chi connectivity index (χ1v) is 14.1. The maximum atomic E-state index is 13.1. The minimum Gasteiger partial charge on any atom is -0.508 e. The van der Waals surface area contributed by atoms with Crippen molar-refractivity contribution in [2.45, 2.75) is 55.4 Å². The normalized spacial score (nSPS) is 26.2. The molecule has 2 aromatic rings. The van der Waals surface area contributed by atoms with E-state index in [1.807, 2.05) is 12.1 Å². The van der Waals surface area contributed by atoms with Crippen molar-refractivity contribution >= 4 is 15.7 Å². The van der Waals surface area contributed by atoms with Crippen molar-refractivity contribution < 1.29 is 22.7 Å². The van der Waals surface area contributed by atoms with Gasteiger partial charge in [0.1, 0.15) is 17.3 Å². The van der Waals surface area contributed by atoms with Gasteiger partial charge in [-0.05, 0) is 98.0 Å². The lowest BCUT2D eigenvalue weighted by Gasteiger charge is -2.56. The number of halogens is 1. The maximum absolute atomic E-state index is 13.1. The Bertz CT molecular complexity index is 1210. The smallest absolute Gasteiger partial charge is 0.235 e. The molecule has 3 atom stereocenters.